The van der Waals surface area contributed by atoms with Gasteiger partial charge in [-0.15, -0.1) is 11.3 Å². The van der Waals surface area contributed by atoms with Gasteiger partial charge in [-0.3, -0.25) is 5.10 Å². The van der Waals surface area contributed by atoms with Gasteiger partial charge >= 0.3 is 0 Å². The van der Waals surface area contributed by atoms with E-state index in [1.54, 1.807) is 17.5 Å². The molecule has 1 saturated heterocycles. The first kappa shape index (κ1) is 15.7. The van der Waals surface area contributed by atoms with Gasteiger partial charge in [0.1, 0.15) is 5.82 Å². The molecule has 0 spiro atoms. The van der Waals surface area contributed by atoms with Crippen LogP contribution in [0.1, 0.15) is 10.6 Å². The molecule has 0 bridgehead atoms. The number of H-pyrrole nitrogens is 1. The highest BCUT2D eigenvalue weighted by molar-refractivity contribution is 7.16. The van der Waals surface area contributed by atoms with Crippen molar-refractivity contribution in [1.82, 2.24) is 25.1 Å². The van der Waals surface area contributed by atoms with Crippen molar-refractivity contribution in [3.05, 3.63) is 29.0 Å². The van der Waals surface area contributed by atoms with Crippen LogP contribution in [0, 0.1) is 12.8 Å². The lowest BCUT2D eigenvalue weighted by molar-refractivity contribution is -0.0276. The van der Waals surface area contributed by atoms with Crippen LogP contribution in [0.25, 0.3) is 11.3 Å². The van der Waals surface area contributed by atoms with Crippen molar-refractivity contribution >= 4 is 28.2 Å². The highest BCUT2D eigenvalue weighted by Gasteiger charge is 2.29. The number of anilines is 3. The fourth-order valence-corrected chi connectivity index (χ4v) is 4.27. The predicted octanol–water partition coefficient (Wildman–Crippen LogP) is 2.38. The molecule has 3 aromatic rings. The van der Waals surface area contributed by atoms with Gasteiger partial charge < -0.3 is 15.0 Å². The molecule has 1 fully saturated rings. The van der Waals surface area contributed by atoms with Crippen LogP contribution in [0.4, 0.5) is 16.9 Å². The molecule has 0 aliphatic carbocycles. The Balaban J connectivity index is 1.44. The zero-order valence-electron chi connectivity index (χ0n) is 14.4. The summed E-state index contributed by atoms with van der Waals surface area (Å²) in [5, 5.41) is 11.5. The summed E-state index contributed by atoms with van der Waals surface area (Å²) >= 11 is 1.66. The molecule has 9 heteroatoms. The Bertz CT molecular complexity index is 933. The number of aromatic amines is 1. The van der Waals surface area contributed by atoms with Gasteiger partial charge in [-0.05, 0) is 13.0 Å². The highest BCUT2D eigenvalue weighted by Crippen LogP contribution is 2.39. The molecule has 2 aliphatic heterocycles. The second-order valence-corrected chi connectivity index (χ2v) is 7.75. The first-order valence-electron chi connectivity index (χ1n) is 8.69. The van der Waals surface area contributed by atoms with Gasteiger partial charge in [0.15, 0.2) is 5.13 Å². The van der Waals surface area contributed by atoms with Crippen LogP contribution in [0.2, 0.25) is 0 Å². The maximum Gasteiger partial charge on any atom is 0.229 e. The Morgan fingerprint density at radius 2 is 2.31 bits per heavy atom. The Kier molecular flexibility index (Phi) is 3.83. The number of ether oxygens (including phenoxy) is 1. The van der Waals surface area contributed by atoms with Crippen molar-refractivity contribution in [3.63, 3.8) is 0 Å². The van der Waals surface area contributed by atoms with Crippen LogP contribution in [-0.4, -0.2) is 51.5 Å². The average molecular weight is 369 g/mol. The lowest BCUT2D eigenvalue weighted by Crippen LogP contribution is -2.40. The van der Waals surface area contributed by atoms with E-state index < -0.39 is 0 Å². The fourth-order valence-electron chi connectivity index (χ4n) is 3.32. The summed E-state index contributed by atoms with van der Waals surface area (Å²) < 4.78 is 5.32. The standard InChI is InChI=1S/C17H19N7OS/c1-10-2-4-18-16(20-10)22-17-21-14-12-6-19-23-15(12)24(5-3-13(14)26-17)7-11-8-25-9-11/h2,4,6,11H,3,5,7-9H2,1H3,(H,19,23)(H,18,20,21,22). The number of hydrogen-bond acceptors (Lipinski definition) is 8. The van der Waals surface area contributed by atoms with Gasteiger partial charge in [0.25, 0.3) is 0 Å². The second kappa shape index (κ2) is 6.33. The molecule has 2 aliphatic rings. The Morgan fingerprint density at radius 3 is 3.12 bits per heavy atom. The molecule has 0 atom stereocenters. The first-order chi connectivity index (χ1) is 12.8. The molecular formula is C17H19N7OS. The number of aromatic nitrogens is 5. The molecule has 0 aromatic carbocycles. The molecule has 0 radical (unpaired) electrons. The van der Waals surface area contributed by atoms with Crippen molar-refractivity contribution in [2.75, 3.05) is 36.5 Å². The van der Waals surface area contributed by atoms with Gasteiger partial charge in [0.05, 0.1) is 30.7 Å². The summed E-state index contributed by atoms with van der Waals surface area (Å²) in [6.07, 6.45) is 4.58. The summed E-state index contributed by atoms with van der Waals surface area (Å²) in [7, 11) is 0. The molecule has 0 saturated carbocycles. The smallest absolute Gasteiger partial charge is 0.229 e. The fraction of sp³-hybridized carbons (Fsp3) is 0.412. The molecule has 0 amide bonds. The van der Waals surface area contributed by atoms with E-state index in [-0.39, 0.29) is 0 Å². The number of nitrogens with zero attached hydrogens (tertiary/aromatic N) is 5. The number of fused-ring (bicyclic) bond motifs is 3. The zero-order chi connectivity index (χ0) is 17.5. The van der Waals surface area contributed by atoms with Gasteiger partial charge in [0, 0.05) is 42.2 Å². The van der Waals surface area contributed by atoms with Gasteiger partial charge in [0.2, 0.25) is 5.95 Å². The van der Waals surface area contributed by atoms with E-state index in [0.717, 1.165) is 60.6 Å². The van der Waals surface area contributed by atoms with Crippen LogP contribution in [0.15, 0.2) is 18.5 Å². The summed E-state index contributed by atoms with van der Waals surface area (Å²) in [5.74, 6) is 2.23. The minimum Gasteiger partial charge on any atom is -0.381 e. The number of nitrogens with one attached hydrogen (secondary N) is 2. The van der Waals surface area contributed by atoms with E-state index in [0.29, 0.717) is 11.9 Å². The normalized spacial score (nSPS) is 16.6. The average Bonchev–Trinajstić information content (AvgIpc) is 3.18. The van der Waals surface area contributed by atoms with Gasteiger partial charge in [-0.25, -0.2) is 15.0 Å². The van der Waals surface area contributed by atoms with Gasteiger partial charge in [-0.2, -0.15) is 5.10 Å². The molecule has 0 unspecified atom stereocenters. The van der Waals surface area contributed by atoms with E-state index in [4.69, 9.17) is 9.72 Å². The second-order valence-electron chi connectivity index (χ2n) is 6.67. The Labute approximate surface area is 154 Å². The van der Waals surface area contributed by atoms with Crippen molar-refractivity contribution in [2.45, 2.75) is 13.3 Å². The van der Waals surface area contributed by atoms with Crippen molar-refractivity contribution in [3.8, 4) is 11.3 Å². The molecule has 2 N–H and O–H groups in total. The first-order valence-corrected chi connectivity index (χ1v) is 9.51. The third kappa shape index (κ3) is 2.82. The van der Waals surface area contributed by atoms with E-state index in [9.17, 15) is 0 Å². The minimum absolute atomic E-state index is 0.577. The Morgan fingerprint density at radius 1 is 1.38 bits per heavy atom. The molecule has 8 nitrogen and oxygen atoms in total. The van der Waals surface area contributed by atoms with E-state index in [1.165, 1.54) is 4.88 Å². The van der Waals surface area contributed by atoms with Gasteiger partial charge in [-0.1, -0.05) is 0 Å². The predicted molar refractivity (Wildman–Crippen MR) is 100.0 cm³/mol. The molecule has 26 heavy (non-hydrogen) atoms. The van der Waals surface area contributed by atoms with E-state index in [1.807, 2.05) is 19.2 Å². The maximum atomic E-state index is 5.32. The third-order valence-electron chi connectivity index (χ3n) is 4.70. The lowest BCUT2D eigenvalue weighted by atomic mass is 10.1. The van der Waals surface area contributed by atoms with E-state index in [2.05, 4.69) is 30.4 Å². The topological polar surface area (TPSA) is 91.8 Å². The van der Waals surface area contributed by atoms with Crippen LogP contribution in [0.3, 0.4) is 0 Å². The van der Waals surface area contributed by atoms with Crippen molar-refractivity contribution in [1.29, 1.82) is 0 Å². The summed E-state index contributed by atoms with van der Waals surface area (Å²) in [4.78, 5) is 17.1. The molecular weight excluding hydrogens is 350 g/mol. The van der Waals surface area contributed by atoms with E-state index >= 15 is 0 Å². The van der Waals surface area contributed by atoms with Crippen molar-refractivity contribution in [2.24, 2.45) is 5.92 Å². The SMILES string of the molecule is Cc1ccnc(Nc2nc3c(s2)CCN(CC2COC2)c2[nH]ncc2-3)n1. The molecule has 5 rings (SSSR count). The summed E-state index contributed by atoms with van der Waals surface area (Å²) in [5.41, 5.74) is 2.99. The minimum atomic E-state index is 0.577. The molecule has 5 heterocycles. The zero-order valence-corrected chi connectivity index (χ0v) is 15.2. The monoisotopic (exact) mass is 369 g/mol. The maximum absolute atomic E-state index is 5.32. The number of rotatable bonds is 4. The van der Waals surface area contributed by atoms with Crippen LogP contribution >= 0.6 is 11.3 Å². The number of aryl methyl sites for hydroxylation is 1. The highest BCUT2D eigenvalue weighted by atomic mass is 32.1. The van der Waals surface area contributed by atoms with Crippen LogP contribution < -0.4 is 10.2 Å². The Hall–Kier alpha value is -2.52. The summed E-state index contributed by atoms with van der Waals surface area (Å²) in [6, 6.07) is 1.88. The third-order valence-corrected chi connectivity index (χ3v) is 5.73. The lowest BCUT2D eigenvalue weighted by Gasteiger charge is -2.32. The molecule has 134 valence electrons. The van der Waals surface area contributed by atoms with Crippen molar-refractivity contribution < 1.29 is 4.74 Å². The molecule has 3 aromatic heterocycles. The summed E-state index contributed by atoms with van der Waals surface area (Å²) in [6.45, 7) is 5.59. The van der Waals surface area contributed by atoms with Crippen LogP contribution in [0.5, 0.6) is 0 Å². The van der Waals surface area contributed by atoms with Crippen LogP contribution in [-0.2, 0) is 11.2 Å². The largest absolute Gasteiger partial charge is 0.381 e. The quantitative estimate of drug-likeness (QED) is 0.729. The number of thiazole rings is 1. The number of hydrogen-bond donors (Lipinski definition) is 2.